The van der Waals surface area contributed by atoms with Gasteiger partial charge in [-0.25, -0.2) is 5.43 Å². The van der Waals surface area contributed by atoms with E-state index >= 15 is 0 Å². The molecular weight excluding hydrogens is 426 g/mol. The molecule has 0 radical (unpaired) electrons. The minimum absolute atomic E-state index is 0.0595. The molecule has 0 spiro atoms. The maximum Gasteiger partial charge on any atom is 0.271 e. The van der Waals surface area contributed by atoms with E-state index in [9.17, 15) is 14.9 Å². The van der Waals surface area contributed by atoms with Crippen LogP contribution in [0.25, 0.3) is 22.9 Å². The van der Waals surface area contributed by atoms with Crippen LogP contribution in [0.5, 0.6) is 5.75 Å². The summed E-state index contributed by atoms with van der Waals surface area (Å²) in [6.07, 6.45) is 1.33. The van der Waals surface area contributed by atoms with E-state index in [0.29, 0.717) is 39.8 Å². The van der Waals surface area contributed by atoms with Gasteiger partial charge in [-0.05, 0) is 36.4 Å². The van der Waals surface area contributed by atoms with Gasteiger partial charge in [0.15, 0.2) is 0 Å². The van der Waals surface area contributed by atoms with Gasteiger partial charge in [-0.1, -0.05) is 24.3 Å². The first-order chi connectivity index (χ1) is 16.0. The van der Waals surface area contributed by atoms with Crippen LogP contribution in [-0.2, 0) is 0 Å². The van der Waals surface area contributed by atoms with Crippen molar-refractivity contribution in [2.24, 2.45) is 5.10 Å². The van der Waals surface area contributed by atoms with E-state index in [2.05, 4.69) is 20.7 Å². The summed E-state index contributed by atoms with van der Waals surface area (Å²) < 4.78 is 11.1. The fourth-order valence-electron chi connectivity index (χ4n) is 2.98. The number of nitrogens with zero attached hydrogens (tertiary/aromatic N) is 4. The third-order valence-electron chi connectivity index (χ3n) is 4.62. The molecule has 1 aromatic heterocycles. The van der Waals surface area contributed by atoms with Gasteiger partial charge in [0.2, 0.25) is 5.89 Å². The van der Waals surface area contributed by atoms with Gasteiger partial charge in [0, 0.05) is 28.8 Å². The van der Waals surface area contributed by atoms with E-state index in [4.69, 9.17) is 9.15 Å². The summed E-state index contributed by atoms with van der Waals surface area (Å²) in [6.45, 7) is 0. The Morgan fingerprint density at radius 2 is 1.82 bits per heavy atom. The first-order valence-electron chi connectivity index (χ1n) is 9.70. The number of nitro benzene ring substituents is 1. The minimum Gasteiger partial charge on any atom is -0.496 e. The number of non-ortho nitro benzene ring substituents is 1. The Hall–Kier alpha value is -4.86. The van der Waals surface area contributed by atoms with Crippen LogP contribution in [0.15, 0.2) is 82.3 Å². The number of benzene rings is 3. The molecule has 33 heavy (non-hydrogen) atoms. The van der Waals surface area contributed by atoms with Crippen LogP contribution in [-0.4, -0.2) is 34.4 Å². The molecule has 0 saturated heterocycles. The SMILES string of the molecule is COc1ccccc1-c1nnc(-c2ccc(C(=O)N/N=C/c3cccc([N+](=O)[O-])c3)cc2)o1. The summed E-state index contributed by atoms with van der Waals surface area (Å²) in [5.74, 6) is 0.792. The number of aromatic nitrogens is 2. The van der Waals surface area contributed by atoms with Crippen molar-refractivity contribution in [2.75, 3.05) is 7.11 Å². The molecule has 1 amide bonds. The molecule has 10 heteroatoms. The van der Waals surface area contributed by atoms with E-state index in [1.54, 1.807) is 43.5 Å². The van der Waals surface area contributed by atoms with Crippen molar-refractivity contribution in [3.05, 3.63) is 94.0 Å². The molecule has 1 heterocycles. The van der Waals surface area contributed by atoms with Gasteiger partial charge in [-0.2, -0.15) is 5.10 Å². The van der Waals surface area contributed by atoms with Crippen molar-refractivity contribution in [3.63, 3.8) is 0 Å². The number of nitro groups is 1. The van der Waals surface area contributed by atoms with Crippen molar-refractivity contribution < 1.29 is 18.9 Å². The summed E-state index contributed by atoms with van der Waals surface area (Å²) in [6, 6.07) is 19.8. The molecule has 0 atom stereocenters. The van der Waals surface area contributed by atoms with Gasteiger partial charge in [0.05, 0.1) is 23.8 Å². The number of methoxy groups -OCH3 is 1. The van der Waals surface area contributed by atoms with Crippen molar-refractivity contribution in [2.45, 2.75) is 0 Å². The maximum absolute atomic E-state index is 12.3. The standard InChI is InChI=1S/C23H17N5O5/c1-32-20-8-3-2-7-19(20)23-27-26-22(33-23)17-11-9-16(10-12-17)21(29)25-24-14-15-5-4-6-18(13-15)28(30)31/h2-14H,1H3,(H,25,29)/b24-14+. The van der Waals surface area contributed by atoms with E-state index in [1.165, 1.54) is 24.4 Å². The molecule has 0 aliphatic heterocycles. The second-order valence-corrected chi connectivity index (χ2v) is 6.74. The van der Waals surface area contributed by atoms with Crippen molar-refractivity contribution >= 4 is 17.8 Å². The molecule has 0 saturated carbocycles. The Morgan fingerprint density at radius 3 is 2.58 bits per heavy atom. The lowest BCUT2D eigenvalue weighted by atomic mass is 10.1. The molecule has 3 aromatic carbocycles. The maximum atomic E-state index is 12.3. The highest BCUT2D eigenvalue weighted by atomic mass is 16.6. The average molecular weight is 443 g/mol. The Bertz CT molecular complexity index is 1330. The molecule has 0 aliphatic carbocycles. The summed E-state index contributed by atoms with van der Waals surface area (Å²) in [7, 11) is 1.56. The normalized spacial score (nSPS) is 10.8. The van der Waals surface area contributed by atoms with Crippen LogP contribution in [0.2, 0.25) is 0 Å². The van der Waals surface area contributed by atoms with Crippen LogP contribution in [0.1, 0.15) is 15.9 Å². The average Bonchev–Trinajstić information content (AvgIpc) is 3.34. The predicted molar refractivity (Wildman–Crippen MR) is 120 cm³/mol. The smallest absolute Gasteiger partial charge is 0.271 e. The van der Waals surface area contributed by atoms with Gasteiger partial charge in [-0.15, -0.1) is 10.2 Å². The second-order valence-electron chi connectivity index (χ2n) is 6.74. The third-order valence-corrected chi connectivity index (χ3v) is 4.62. The fourth-order valence-corrected chi connectivity index (χ4v) is 2.98. The molecule has 0 bridgehead atoms. The summed E-state index contributed by atoms with van der Waals surface area (Å²) in [5.41, 5.74) is 4.49. The summed E-state index contributed by atoms with van der Waals surface area (Å²) >= 11 is 0. The van der Waals surface area contributed by atoms with Crippen molar-refractivity contribution in [1.82, 2.24) is 15.6 Å². The zero-order valence-electron chi connectivity index (χ0n) is 17.3. The van der Waals surface area contributed by atoms with E-state index < -0.39 is 10.8 Å². The van der Waals surface area contributed by atoms with Crippen LogP contribution in [0.3, 0.4) is 0 Å². The number of carbonyl (C=O) groups is 1. The minimum atomic E-state index is -0.500. The lowest BCUT2D eigenvalue weighted by Crippen LogP contribution is -2.17. The Balaban J connectivity index is 1.43. The van der Waals surface area contributed by atoms with Gasteiger partial charge < -0.3 is 9.15 Å². The Kier molecular flexibility index (Phi) is 6.17. The van der Waals surface area contributed by atoms with E-state index in [0.717, 1.165) is 0 Å². The number of carbonyl (C=O) groups excluding carboxylic acids is 1. The molecule has 0 aliphatic rings. The summed E-state index contributed by atoms with van der Waals surface area (Å²) in [4.78, 5) is 22.6. The predicted octanol–water partition coefficient (Wildman–Crippen LogP) is 4.08. The van der Waals surface area contributed by atoms with Crippen LogP contribution in [0.4, 0.5) is 5.69 Å². The van der Waals surface area contributed by atoms with E-state index in [-0.39, 0.29) is 5.69 Å². The number of amides is 1. The lowest BCUT2D eigenvalue weighted by Gasteiger charge is -2.03. The Morgan fingerprint density at radius 1 is 1.06 bits per heavy atom. The van der Waals surface area contributed by atoms with Gasteiger partial charge in [0.25, 0.3) is 17.5 Å². The first-order valence-corrected chi connectivity index (χ1v) is 9.70. The Labute approximate surface area is 187 Å². The van der Waals surface area contributed by atoms with Gasteiger partial charge in [0.1, 0.15) is 5.75 Å². The topological polar surface area (TPSA) is 133 Å². The number of rotatable bonds is 7. The van der Waals surface area contributed by atoms with Crippen LogP contribution in [0, 0.1) is 10.1 Å². The first kappa shape index (κ1) is 21.4. The van der Waals surface area contributed by atoms with Gasteiger partial charge in [-0.3, -0.25) is 14.9 Å². The quantitative estimate of drug-likeness (QED) is 0.258. The number of hydrazone groups is 1. The zero-order valence-corrected chi connectivity index (χ0v) is 17.3. The number of nitrogens with one attached hydrogen (secondary N) is 1. The zero-order chi connectivity index (χ0) is 23.2. The van der Waals surface area contributed by atoms with Crippen LogP contribution >= 0.6 is 0 Å². The number of para-hydroxylation sites is 1. The van der Waals surface area contributed by atoms with E-state index in [1.807, 2.05) is 18.2 Å². The molecule has 164 valence electrons. The number of hydrogen-bond acceptors (Lipinski definition) is 8. The highest BCUT2D eigenvalue weighted by Crippen LogP contribution is 2.30. The molecule has 1 N–H and O–H groups in total. The molecule has 4 rings (SSSR count). The molecule has 0 unspecified atom stereocenters. The molecule has 4 aromatic rings. The van der Waals surface area contributed by atoms with Crippen molar-refractivity contribution in [1.29, 1.82) is 0 Å². The third kappa shape index (κ3) is 4.90. The van der Waals surface area contributed by atoms with Crippen LogP contribution < -0.4 is 10.2 Å². The summed E-state index contributed by atoms with van der Waals surface area (Å²) in [5, 5.41) is 22.8. The second kappa shape index (κ2) is 9.52. The number of hydrogen-bond donors (Lipinski definition) is 1. The molecule has 0 fully saturated rings. The highest BCUT2D eigenvalue weighted by Gasteiger charge is 2.14. The van der Waals surface area contributed by atoms with Gasteiger partial charge >= 0.3 is 0 Å². The molecular formula is C23H17N5O5. The fraction of sp³-hybridized carbons (Fsp3) is 0.0435. The van der Waals surface area contributed by atoms with Crippen molar-refractivity contribution in [3.8, 4) is 28.7 Å². The largest absolute Gasteiger partial charge is 0.496 e. The highest BCUT2D eigenvalue weighted by molar-refractivity contribution is 5.95. The molecule has 10 nitrogen and oxygen atoms in total. The monoisotopic (exact) mass is 443 g/mol. The lowest BCUT2D eigenvalue weighted by molar-refractivity contribution is -0.384. The number of ether oxygens (including phenoxy) is 1.